The molecule has 32 heavy (non-hydrogen) atoms. The van der Waals surface area contributed by atoms with Crippen LogP contribution in [0.3, 0.4) is 0 Å². The lowest BCUT2D eigenvalue weighted by molar-refractivity contribution is 0.0600. The highest BCUT2D eigenvalue weighted by Crippen LogP contribution is 2.43. The molecule has 0 aliphatic carbocycles. The van der Waals surface area contributed by atoms with Crippen molar-refractivity contribution in [2.75, 3.05) is 7.11 Å². The summed E-state index contributed by atoms with van der Waals surface area (Å²) < 4.78 is 10.4. The molecule has 1 aromatic heterocycles. The number of phenols is 4. The van der Waals surface area contributed by atoms with E-state index in [0.717, 1.165) is 18.2 Å². The van der Waals surface area contributed by atoms with E-state index in [9.17, 15) is 35.1 Å². The fraction of sp³-hybridized carbons (Fsp3) is 0.0435. The van der Waals surface area contributed by atoms with Crippen molar-refractivity contribution < 1.29 is 39.5 Å². The Morgan fingerprint density at radius 2 is 1.47 bits per heavy atom. The molecule has 0 bridgehead atoms. The number of methoxy groups -OCH3 is 1. The van der Waals surface area contributed by atoms with E-state index in [1.807, 2.05) is 0 Å². The topological polar surface area (TPSA) is 158 Å². The second kappa shape index (κ2) is 7.55. The summed E-state index contributed by atoms with van der Waals surface area (Å²) in [5.41, 5.74) is -0.536. The molecule has 0 fully saturated rings. The molecule has 0 saturated heterocycles. The van der Waals surface area contributed by atoms with Crippen LogP contribution in [0.5, 0.6) is 28.7 Å². The van der Waals surface area contributed by atoms with Gasteiger partial charge in [-0.15, -0.1) is 0 Å². The molecule has 4 aromatic rings. The van der Waals surface area contributed by atoms with Crippen molar-refractivity contribution in [3.8, 4) is 51.2 Å². The van der Waals surface area contributed by atoms with Crippen molar-refractivity contribution in [2.45, 2.75) is 0 Å². The third-order valence-electron chi connectivity index (χ3n) is 4.93. The summed E-state index contributed by atoms with van der Waals surface area (Å²) in [6.07, 6.45) is 0. The molecule has 0 unspecified atom stereocenters. The minimum atomic E-state index is -0.973. The summed E-state index contributed by atoms with van der Waals surface area (Å²) in [6, 6.07) is 10.3. The second-order valence-corrected chi connectivity index (χ2v) is 6.88. The summed E-state index contributed by atoms with van der Waals surface area (Å²) in [6.45, 7) is 0. The van der Waals surface area contributed by atoms with Crippen molar-refractivity contribution in [2.24, 2.45) is 0 Å². The van der Waals surface area contributed by atoms with Crippen molar-refractivity contribution >= 4 is 16.9 Å². The first-order chi connectivity index (χ1) is 15.2. The highest BCUT2D eigenvalue weighted by atomic mass is 16.5. The van der Waals surface area contributed by atoms with E-state index in [0.29, 0.717) is 5.56 Å². The Bertz CT molecular complexity index is 1430. The molecule has 3 aromatic carbocycles. The monoisotopic (exact) mass is 436 g/mol. The number of carbonyl (C=O) groups is 1. The van der Waals surface area contributed by atoms with Gasteiger partial charge in [0.15, 0.2) is 22.8 Å². The number of rotatable bonds is 3. The van der Waals surface area contributed by atoms with Gasteiger partial charge in [-0.1, -0.05) is 12.1 Å². The maximum Gasteiger partial charge on any atom is 0.337 e. The fourth-order valence-electron chi connectivity index (χ4n) is 3.36. The van der Waals surface area contributed by atoms with E-state index in [4.69, 9.17) is 4.42 Å². The van der Waals surface area contributed by atoms with Crippen molar-refractivity contribution in [1.29, 1.82) is 0 Å². The first kappa shape index (κ1) is 20.6. The number of ether oxygens (including phenoxy) is 1. The molecule has 1 heterocycles. The average molecular weight is 436 g/mol. The molecule has 0 aliphatic heterocycles. The summed E-state index contributed by atoms with van der Waals surface area (Å²) in [7, 11) is 1.24. The summed E-state index contributed by atoms with van der Waals surface area (Å²) in [4.78, 5) is 24.5. The maximum atomic E-state index is 12.8. The fourth-order valence-corrected chi connectivity index (χ4v) is 3.36. The first-order valence-electron chi connectivity index (χ1n) is 9.18. The SMILES string of the molecule is COC(=O)c1ccc(-c2c(O)cc(O)c3c(=O)c(O)c(-c4ccc(O)c(O)c4)oc23)cc1. The number of carbonyl (C=O) groups excluding carboxylic acids is 1. The van der Waals surface area contributed by atoms with Gasteiger partial charge < -0.3 is 34.7 Å². The number of esters is 1. The number of aromatic hydroxyl groups is 5. The van der Waals surface area contributed by atoms with Crippen LogP contribution in [0.25, 0.3) is 33.4 Å². The normalized spacial score (nSPS) is 10.9. The molecule has 0 spiro atoms. The Labute approximate surface area is 179 Å². The maximum absolute atomic E-state index is 12.8. The summed E-state index contributed by atoms with van der Waals surface area (Å²) in [5.74, 6) is -3.72. The van der Waals surface area contributed by atoms with Crippen LogP contribution in [0.15, 0.2) is 57.7 Å². The van der Waals surface area contributed by atoms with E-state index in [2.05, 4.69) is 4.74 Å². The molecular formula is C23H16O9. The van der Waals surface area contributed by atoms with Crippen LogP contribution in [0.2, 0.25) is 0 Å². The highest BCUT2D eigenvalue weighted by molar-refractivity contribution is 6.01. The third-order valence-corrected chi connectivity index (χ3v) is 4.93. The van der Waals surface area contributed by atoms with Gasteiger partial charge in [-0.3, -0.25) is 4.79 Å². The third kappa shape index (κ3) is 3.21. The quantitative estimate of drug-likeness (QED) is 0.240. The van der Waals surface area contributed by atoms with Gasteiger partial charge in [0.25, 0.3) is 0 Å². The van der Waals surface area contributed by atoms with Gasteiger partial charge in [0.05, 0.1) is 18.2 Å². The first-order valence-corrected chi connectivity index (χ1v) is 9.18. The van der Waals surface area contributed by atoms with Gasteiger partial charge in [-0.05, 0) is 35.9 Å². The van der Waals surface area contributed by atoms with Crippen molar-refractivity contribution in [3.05, 3.63) is 64.3 Å². The number of fused-ring (bicyclic) bond motifs is 1. The molecule has 0 radical (unpaired) electrons. The Morgan fingerprint density at radius 1 is 0.812 bits per heavy atom. The zero-order chi connectivity index (χ0) is 23.2. The van der Waals surface area contributed by atoms with E-state index >= 15 is 0 Å². The van der Waals surface area contributed by atoms with Gasteiger partial charge in [0.2, 0.25) is 11.2 Å². The molecule has 162 valence electrons. The van der Waals surface area contributed by atoms with Crippen molar-refractivity contribution in [3.63, 3.8) is 0 Å². The predicted molar refractivity (Wildman–Crippen MR) is 113 cm³/mol. The molecular weight excluding hydrogens is 420 g/mol. The minimum Gasteiger partial charge on any atom is -0.507 e. The second-order valence-electron chi connectivity index (χ2n) is 6.88. The number of hydrogen-bond acceptors (Lipinski definition) is 9. The smallest absolute Gasteiger partial charge is 0.337 e. The lowest BCUT2D eigenvalue weighted by Crippen LogP contribution is -2.04. The minimum absolute atomic E-state index is 0.0237. The molecule has 4 rings (SSSR count). The highest BCUT2D eigenvalue weighted by Gasteiger charge is 2.24. The number of phenolic OH excluding ortho intramolecular Hbond substituents is 4. The van der Waals surface area contributed by atoms with Gasteiger partial charge >= 0.3 is 5.97 Å². The largest absolute Gasteiger partial charge is 0.507 e. The van der Waals surface area contributed by atoms with E-state index in [1.54, 1.807) is 0 Å². The molecule has 0 aliphatic rings. The Kier molecular flexibility index (Phi) is 4.86. The Hall–Kier alpha value is -4.66. The van der Waals surface area contributed by atoms with E-state index < -0.39 is 40.1 Å². The summed E-state index contributed by atoms with van der Waals surface area (Å²) >= 11 is 0. The number of hydrogen-bond donors (Lipinski definition) is 5. The van der Waals surface area contributed by atoms with Crippen LogP contribution in [0, 0.1) is 0 Å². The summed E-state index contributed by atoms with van der Waals surface area (Å²) in [5, 5.41) is 50.1. The lowest BCUT2D eigenvalue weighted by atomic mass is 9.99. The predicted octanol–water partition coefficient (Wildman–Crippen LogP) is 3.44. The van der Waals surface area contributed by atoms with Crippen LogP contribution in [-0.4, -0.2) is 38.6 Å². The lowest BCUT2D eigenvalue weighted by Gasteiger charge is -2.13. The Balaban J connectivity index is 2.04. The van der Waals surface area contributed by atoms with Crippen molar-refractivity contribution in [1.82, 2.24) is 0 Å². The van der Waals surface area contributed by atoms with Crippen LogP contribution in [-0.2, 0) is 4.74 Å². The molecule has 0 atom stereocenters. The van der Waals surface area contributed by atoms with Gasteiger partial charge in [0, 0.05) is 11.6 Å². The van der Waals surface area contributed by atoms with E-state index in [1.165, 1.54) is 37.4 Å². The van der Waals surface area contributed by atoms with E-state index in [-0.39, 0.29) is 33.4 Å². The van der Waals surface area contributed by atoms with Gasteiger partial charge in [-0.25, -0.2) is 4.79 Å². The molecule has 0 amide bonds. The Morgan fingerprint density at radius 3 is 2.09 bits per heavy atom. The molecule has 5 N–H and O–H groups in total. The van der Waals surface area contributed by atoms with Crippen LogP contribution >= 0.6 is 0 Å². The average Bonchev–Trinajstić information content (AvgIpc) is 2.77. The zero-order valence-corrected chi connectivity index (χ0v) is 16.5. The van der Waals surface area contributed by atoms with Gasteiger partial charge in [-0.2, -0.15) is 0 Å². The standard InChI is InChI=1S/C23H16O9/c1-31-23(30)11-4-2-10(3-5-11)17-15(26)9-16(27)18-19(28)20(29)21(32-22(17)18)12-6-7-13(24)14(25)8-12/h2-9,24-27,29H,1H3. The zero-order valence-electron chi connectivity index (χ0n) is 16.5. The van der Waals surface area contributed by atoms with Gasteiger partial charge in [0.1, 0.15) is 16.9 Å². The molecule has 9 nitrogen and oxygen atoms in total. The number of benzene rings is 3. The van der Waals surface area contributed by atoms with Crippen LogP contribution in [0.1, 0.15) is 10.4 Å². The molecule has 0 saturated carbocycles. The van der Waals surface area contributed by atoms with Crippen LogP contribution in [0.4, 0.5) is 0 Å². The van der Waals surface area contributed by atoms with Crippen LogP contribution < -0.4 is 5.43 Å². The molecule has 9 heteroatoms.